The monoisotopic (exact) mass is 191 g/mol. The van der Waals surface area contributed by atoms with E-state index in [9.17, 15) is 0 Å². The van der Waals surface area contributed by atoms with Gasteiger partial charge in [-0.1, -0.05) is 6.07 Å². The number of anilines is 1. The van der Waals surface area contributed by atoms with Crippen molar-refractivity contribution in [3.63, 3.8) is 0 Å². The number of aryl methyl sites for hydroxylation is 1. The molecule has 3 heteroatoms. The molecule has 1 atom stereocenters. The highest BCUT2D eigenvalue weighted by Gasteiger charge is 2.21. The van der Waals surface area contributed by atoms with Crippen molar-refractivity contribution in [3.05, 3.63) is 23.9 Å². The molecule has 0 aromatic carbocycles. The van der Waals surface area contributed by atoms with Crippen molar-refractivity contribution < 1.29 is 0 Å². The lowest BCUT2D eigenvalue weighted by Crippen LogP contribution is -2.23. The van der Waals surface area contributed by atoms with E-state index in [-0.39, 0.29) is 0 Å². The third-order valence-corrected chi connectivity index (χ3v) is 2.84. The summed E-state index contributed by atoms with van der Waals surface area (Å²) in [6.07, 6.45) is 3.12. The molecule has 1 aliphatic rings. The second-order valence-electron chi connectivity index (χ2n) is 4.03. The molecule has 0 aliphatic carbocycles. The van der Waals surface area contributed by atoms with Gasteiger partial charge in [0.15, 0.2) is 0 Å². The Morgan fingerprint density at radius 1 is 1.57 bits per heavy atom. The largest absolute Gasteiger partial charge is 0.356 e. The van der Waals surface area contributed by atoms with Crippen LogP contribution in [-0.4, -0.2) is 24.6 Å². The molecule has 2 rings (SSSR count). The molecular formula is C11H17N3. The Morgan fingerprint density at radius 2 is 2.43 bits per heavy atom. The normalized spacial score (nSPS) is 21.6. The smallest absolute Gasteiger partial charge is 0.128 e. The molecule has 1 saturated heterocycles. The van der Waals surface area contributed by atoms with Crippen molar-refractivity contribution in [2.45, 2.75) is 13.3 Å². The lowest BCUT2D eigenvalue weighted by Gasteiger charge is -2.16. The summed E-state index contributed by atoms with van der Waals surface area (Å²) in [5.41, 5.74) is 6.86. The minimum atomic E-state index is 0.651. The molecule has 76 valence electrons. The first-order valence-corrected chi connectivity index (χ1v) is 5.17. The maximum absolute atomic E-state index is 5.65. The number of nitrogens with zero attached hydrogens (tertiary/aromatic N) is 2. The second-order valence-corrected chi connectivity index (χ2v) is 4.03. The predicted molar refractivity (Wildman–Crippen MR) is 58.3 cm³/mol. The summed E-state index contributed by atoms with van der Waals surface area (Å²) in [6.45, 7) is 5.01. The molecule has 0 unspecified atom stereocenters. The van der Waals surface area contributed by atoms with Crippen LogP contribution < -0.4 is 10.6 Å². The third kappa shape index (κ3) is 1.87. The van der Waals surface area contributed by atoms with Crippen LogP contribution in [0.5, 0.6) is 0 Å². The van der Waals surface area contributed by atoms with Crippen LogP contribution in [0.15, 0.2) is 18.3 Å². The molecule has 14 heavy (non-hydrogen) atoms. The van der Waals surface area contributed by atoms with Crippen LogP contribution >= 0.6 is 0 Å². The number of aromatic nitrogens is 1. The van der Waals surface area contributed by atoms with Gasteiger partial charge in [0.05, 0.1) is 0 Å². The zero-order valence-corrected chi connectivity index (χ0v) is 8.61. The minimum absolute atomic E-state index is 0.651. The van der Waals surface area contributed by atoms with E-state index in [2.05, 4.69) is 28.9 Å². The molecule has 1 aromatic rings. The standard InChI is InChI=1S/C11H17N3/c1-9-2-3-11(13-7-9)14-5-4-10(6-12)8-14/h2-3,7,10H,4-6,8,12H2,1H3/t10-/m0/s1. The van der Waals surface area contributed by atoms with Crippen LogP contribution in [0.1, 0.15) is 12.0 Å². The van der Waals surface area contributed by atoms with Gasteiger partial charge in [-0.25, -0.2) is 4.98 Å². The van der Waals surface area contributed by atoms with E-state index < -0.39 is 0 Å². The van der Waals surface area contributed by atoms with Crippen molar-refractivity contribution in [1.29, 1.82) is 0 Å². The summed E-state index contributed by atoms with van der Waals surface area (Å²) < 4.78 is 0. The molecule has 0 amide bonds. The molecule has 0 radical (unpaired) electrons. The van der Waals surface area contributed by atoms with E-state index in [0.29, 0.717) is 5.92 Å². The Labute approximate surface area is 84.9 Å². The van der Waals surface area contributed by atoms with E-state index >= 15 is 0 Å². The zero-order valence-electron chi connectivity index (χ0n) is 8.61. The van der Waals surface area contributed by atoms with Crippen LogP contribution in [-0.2, 0) is 0 Å². The summed E-state index contributed by atoms with van der Waals surface area (Å²) in [5.74, 6) is 1.74. The Bertz CT molecular complexity index is 294. The van der Waals surface area contributed by atoms with Gasteiger partial charge in [-0.2, -0.15) is 0 Å². The maximum atomic E-state index is 5.65. The molecule has 1 aromatic heterocycles. The third-order valence-electron chi connectivity index (χ3n) is 2.84. The first-order chi connectivity index (χ1) is 6.79. The van der Waals surface area contributed by atoms with Gasteiger partial charge in [-0.15, -0.1) is 0 Å². The average Bonchev–Trinajstić information content (AvgIpc) is 2.67. The lowest BCUT2D eigenvalue weighted by molar-refractivity contribution is 0.602. The fraction of sp³-hybridized carbons (Fsp3) is 0.545. The summed E-state index contributed by atoms with van der Waals surface area (Å²) >= 11 is 0. The van der Waals surface area contributed by atoms with E-state index in [1.54, 1.807) is 0 Å². The Morgan fingerprint density at radius 3 is 3.00 bits per heavy atom. The van der Waals surface area contributed by atoms with Crippen molar-refractivity contribution >= 4 is 5.82 Å². The molecule has 2 heterocycles. The SMILES string of the molecule is Cc1ccc(N2CC[C@@H](CN)C2)nc1. The van der Waals surface area contributed by atoms with Crippen molar-refractivity contribution in [1.82, 2.24) is 4.98 Å². The lowest BCUT2D eigenvalue weighted by atomic mass is 10.1. The number of pyridine rings is 1. The molecule has 1 aliphatic heterocycles. The molecule has 1 fully saturated rings. The topological polar surface area (TPSA) is 42.1 Å². The quantitative estimate of drug-likeness (QED) is 0.763. The summed E-state index contributed by atoms with van der Waals surface area (Å²) in [6, 6.07) is 4.20. The van der Waals surface area contributed by atoms with Gasteiger partial charge in [0.1, 0.15) is 5.82 Å². The van der Waals surface area contributed by atoms with Gasteiger partial charge in [0.2, 0.25) is 0 Å². The minimum Gasteiger partial charge on any atom is -0.356 e. The van der Waals surface area contributed by atoms with Gasteiger partial charge < -0.3 is 10.6 Å². The summed E-state index contributed by atoms with van der Waals surface area (Å²) in [4.78, 5) is 6.73. The molecule has 0 bridgehead atoms. The molecule has 2 N–H and O–H groups in total. The second kappa shape index (κ2) is 3.96. The molecule has 0 spiro atoms. The number of rotatable bonds is 2. The highest BCUT2D eigenvalue weighted by atomic mass is 15.2. The van der Waals surface area contributed by atoms with E-state index in [1.807, 2.05) is 6.20 Å². The van der Waals surface area contributed by atoms with Crippen LogP contribution in [0.4, 0.5) is 5.82 Å². The van der Waals surface area contributed by atoms with Crippen LogP contribution in [0.25, 0.3) is 0 Å². The highest BCUT2D eigenvalue weighted by Crippen LogP contribution is 2.21. The zero-order chi connectivity index (χ0) is 9.97. The van der Waals surface area contributed by atoms with Gasteiger partial charge >= 0.3 is 0 Å². The van der Waals surface area contributed by atoms with Gasteiger partial charge in [-0.05, 0) is 37.4 Å². The Kier molecular flexibility index (Phi) is 2.68. The summed E-state index contributed by atoms with van der Waals surface area (Å²) in [5, 5.41) is 0. The number of hydrogen-bond acceptors (Lipinski definition) is 3. The maximum Gasteiger partial charge on any atom is 0.128 e. The van der Waals surface area contributed by atoms with Gasteiger partial charge in [-0.3, -0.25) is 0 Å². The van der Waals surface area contributed by atoms with Crippen molar-refractivity contribution in [2.75, 3.05) is 24.5 Å². The van der Waals surface area contributed by atoms with E-state index in [0.717, 1.165) is 25.5 Å². The highest BCUT2D eigenvalue weighted by molar-refractivity contribution is 5.40. The number of nitrogens with two attached hydrogens (primary N) is 1. The fourth-order valence-corrected chi connectivity index (χ4v) is 1.88. The van der Waals surface area contributed by atoms with Crippen molar-refractivity contribution in [3.8, 4) is 0 Å². The number of hydrogen-bond donors (Lipinski definition) is 1. The van der Waals surface area contributed by atoms with Crippen molar-refractivity contribution in [2.24, 2.45) is 11.7 Å². The molecule has 3 nitrogen and oxygen atoms in total. The first-order valence-electron chi connectivity index (χ1n) is 5.17. The van der Waals surface area contributed by atoms with Gasteiger partial charge in [0.25, 0.3) is 0 Å². The first kappa shape index (κ1) is 9.46. The van der Waals surface area contributed by atoms with E-state index in [4.69, 9.17) is 5.73 Å². The molecule has 0 saturated carbocycles. The van der Waals surface area contributed by atoms with Crippen LogP contribution in [0.2, 0.25) is 0 Å². The predicted octanol–water partition coefficient (Wildman–Crippen LogP) is 1.18. The average molecular weight is 191 g/mol. The van der Waals surface area contributed by atoms with Gasteiger partial charge in [0, 0.05) is 19.3 Å². The summed E-state index contributed by atoms with van der Waals surface area (Å²) in [7, 11) is 0. The van der Waals surface area contributed by atoms with Crippen LogP contribution in [0.3, 0.4) is 0 Å². The Hall–Kier alpha value is -1.09. The Balaban J connectivity index is 2.06. The van der Waals surface area contributed by atoms with Crippen LogP contribution in [0, 0.1) is 12.8 Å². The molecular weight excluding hydrogens is 174 g/mol. The van der Waals surface area contributed by atoms with E-state index in [1.165, 1.54) is 12.0 Å². The fourth-order valence-electron chi connectivity index (χ4n) is 1.88.